The van der Waals surface area contributed by atoms with Gasteiger partial charge in [0.25, 0.3) is 0 Å². The van der Waals surface area contributed by atoms with Gasteiger partial charge in [-0.15, -0.1) is 12.4 Å². The quantitative estimate of drug-likeness (QED) is 0.793. The average Bonchev–Trinajstić information content (AvgIpc) is 2.52. The molecule has 0 N–H and O–H groups in total. The molecule has 2 aromatic rings. The van der Waals surface area contributed by atoms with Crippen LogP contribution in [0.2, 0.25) is 0 Å². The number of methoxy groups -OCH3 is 2. The summed E-state index contributed by atoms with van der Waals surface area (Å²) in [6, 6.07) is 14.5. The number of hydrogen-bond acceptors (Lipinski definition) is 4. The molecule has 0 aliphatic carbocycles. The van der Waals surface area contributed by atoms with Crippen LogP contribution >= 0.6 is 12.4 Å². The van der Waals surface area contributed by atoms with Crippen LogP contribution in [0, 0.1) is 0 Å². The van der Waals surface area contributed by atoms with Gasteiger partial charge in [-0.25, -0.2) is 4.79 Å². The van der Waals surface area contributed by atoms with E-state index in [4.69, 9.17) is 14.2 Å². The molecular formula is C16H17ClO4. The Morgan fingerprint density at radius 1 is 0.952 bits per heavy atom. The van der Waals surface area contributed by atoms with Crippen LogP contribution in [0.4, 0.5) is 0 Å². The van der Waals surface area contributed by atoms with Crippen LogP contribution in [0.3, 0.4) is 0 Å². The normalized spacial score (nSPS) is 9.43. The Morgan fingerprint density at radius 2 is 1.52 bits per heavy atom. The van der Waals surface area contributed by atoms with Crippen molar-refractivity contribution in [1.82, 2.24) is 0 Å². The van der Waals surface area contributed by atoms with E-state index < -0.39 is 5.97 Å². The van der Waals surface area contributed by atoms with Gasteiger partial charge >= 0.3 is 5.97 Å². The molecule has 2 rings (SSSR count). The van der Waals surface area contributed by atoms with Gasteiger partial charge in [0.05, 0.1) is 19.8 Å². The second-order valence-corrected chi connectivity index (χ2v) is 4.16. The van der Waals surface area contributed by atoms with E-state index in [0.717, 1.165) is 5.56 Å². The minimum Gasteiger partial charge on any atom is -0.497 e. The van der Waals surface area contributed by atoms with Gasteiger partial charge < -0.3 is 14.2 Å². The minimum atomic E-state index is -0.411. The van der Waals surface area contributed by atoms with E-state index >= 15 is 0 Å². The van der Waals surface area contributed by atoms with Crippen molar-refractivity contribution in [2.75, 3.05) is 14.2 Å². The summed E-state index contributed by atoms with van der Waals surface area (Å²) in [5.41, 5.74) is 1.34. The Kier molecular flexibility index (Phi) is 6.56. The SMILES string of the molecule is COc1cc(OC)cc(C(=O)OCc2ccccc2)c1.Cl. The summed E-state index contributed by atoms with van der Waals surface area (Å²) < 4.78 is 15.5. The predicted molar refractivity (Wildman–Crippen MR) is 82.4 cm³/mol. The second kappa shape index (κ2) is 8.17. The summed E-state index contributed by atoms with van der Waals surface area (Å²) in [6.07, 6.45) is 0. The van der Waals surface area contributed by atoms with Gasteiger partial charge in [-0.3, -0.25) is 0 Å². The number of benzene rings is 2. The number of rotatable bonds is 5. The molecule has 0 amide bonds. The van der Waals surface area contributed by atoms with Gasteiger partial charge in [-0.2, -0.15) is 0 Å². The maximum Gasteiger partial charge on any atom is 0.338 e. The molecule has 0 saturated heterocycles. The van der Waals surface area contributed by atoms with Crippen LogP contribution in [-0.2, 0) is 11.3 Å². The number of carbonyl (C=O) groups is 1. The zero-order chi connectivity index (χ0) is 14.4. The molecule has 0 heterocycles. The maximum absolute atomic E-state index is 12.0. The molecule has 0 spiro atoms. The molecule has 0 aliphatic heterocycles. The molecule has 0 bridgehead atoms. The van der Waals surface area contributed by atoms with Crippen molar-refractivity contribution < 1.29 is 19.0 Å². The fourth-order valence-corrected chi connectivity index (χ4v) is 1.73. The minimum absolute atomic E-state index is 0. The lowest BCUT2D eigenvalue weighted by Crippen LogP contribution is -2.06. The van der Waals surface area contributed by atoms with Gasteiger partial charge in [-0.05, 0) is 17.7 Å². The standard InChI is InChI=1S/C16H16O4.ClH/c1-18-14-8-13(9-15(10-14)19-2)16(17)20-11-12-6-4-3-5-7-12;/h3-10H,11H2,1-2H3;1H. The van der Waals surface area contributed by atoms with E-state index in [1.54, 1.807) is 18.2 Å². The summed E-state index contributed by atoms with van der Waals surface area (Å²) in [7, 11) is 3.07. The summed E-state index contributed by atoms with van der Waals surface area (Å²) in [5, 5.41) is 0. The smallest absolute Gasteiger partial charge is 0.338 e. The summed E-state index contributed by atoms with van der Waals surface area (Å²) in [6.45, 7) is 0.235. The lowest BCUT2D eigenvalue weighted by Gasteiger charge is -2.08. The fraction of sp³-hybridized carbons (Fsp3) is 0.188. The van der Waals surface area contributed by atoms with Crippen molar-refractivity contribution in [1.29, 1.82) is 0 Å². The first-order valence-electron chi connectivity index (χ1n) is 6.17. The second-order valence-electron chi connectivity index (χ2n) is 4.16. The number of esters is 1. The van der Waals surface area contributed by atoms with Crippen LogP contribution in [0.25, 0.3) is 0 Å². The molecule has 0 aromatic heterocycles. The van der Waals surface area contributed by atoms with Crippen LogP contribution < -0.4 is 9.47 Å². The molecule has 0 unspecified atom stereocenters. The van der Waals surface area contributed by atoms with Crippen LogP contribution in [0.15, 0.2) is 48.5 Å². The van der Waals surface area contributed by atoms with E-state index in [9.17, 15) is 4.79 Å². The third-order valence-electron chi connectivity index (χ3n) is 2.80. The van der Waals surface area contributed by atoms with Gasteiger partial charge in [0.15, 0.2) is 0 Å². The van der Waals surface area contributed by atoms with Crippen molar-refractivity contribution in [3.8, 4) is 11.5 Å². The Balaban J connectivity index is 0.00000220. The third-order valence-corrected chi connectivity index (χ3v) is 2.80. The van der Waals surface area contributed by atoms with E-state index in [0.29, 0.717) is 17.1 Å². The number of carbonyl (C=O) groups excluding carboxylic acids is 1. The van der Waals surface area contributed by atoms with Crippen LogP contribution in [0.5, 0.6) is 11.5 Å². The molecule has 0 atom stereocenters. The molecule has 0 aliphatic rings. The molecular weight excluding hydrogens is 292 g/mol. The lowest BCUT2D eigenvalue weighted by molar-refractivity contribution is 0.0472. The zero-order valence-corrected chi connectivity index (χ0v) is 12.7. The van der Waals surface area contributed by atoms with Crippen molar-refractivity contribution >= 4 is 18.4 Å². The molecule has 0 saturated carbocycles. The fourth-order valence-electron chi connectivity index (χ4n) is 1.73. The number of ether oxygens (including phenoxy) is 3. The van der Waals surface area contributed by atoms with Gasteiger partial charge in [0.2, 0.25) is 0 Å². The monoisotopic (exact) mass is 308 g/mol. The van der Waals surface area contributed by atoms with Crippen molar-refractivity contribution in [2.24, 2.45) is 0 Å². The van der Waals surface area contributed by atoms with Gasteiger partial charge in [-0.1, -0.05) is 30.3 Å². The Labute approximate surface area is 130 Å². The summed E-state index contributed by atoms with van der Waals surface area (Å²) in [4.78, 5) is 12.0. The molecule has 0 radical (unpaired) electrons. The molecule has 21 heavy (non-hydrogen) atoms. The molecule has 5 heteroatoms. The number of halogens is 1. The highest BCUT2D eigenvalue weighted by atomic mass is 35.5. The molecule has 2 aromatic carbocycles. The average molecular weight is 309 g/mol. The Bertz CT molecular complexity index is 562. The van der Waals surface area contributed by atoms with E-state index in [1.807, 2.05) is 30.3 Å². The van der Waals surface area contributed by atoms with Crippen LogP contribution in [-0.4, -0.2) is 20.2 Å². The highest BCUT2D eigenvalue weighted by Crippen LogP contribution is 2.23. The van der Waals surface area contributed by atoms with Gasteiger partial charge in [0.1, 0.15) is 18.1 Å². The molecule has 4 nitrogen and oxygen atoms in total. The largest absolute Gasteiger partial charge is 0.497 e. The first-order valence-corrected chi connectivity index (χ1v) is 6.17. The van der Waals surface area contributed by atoms with Crippen molar-refractivity contribution in [2.45, 2.75) is 6.61 Å². The highest BCUT2D eigenvalue weighted by molar-refractivity contribution is 5.90. The molecule has 0 fully saturated rings. The number of hydrogen-bond donors (Lipinski definition) is 0. The van der Waals surface area contributed by atoms with Gasteiger partial charge in [0, 0.05) is 6.07 Å². The lowest BCUT2D eigenvalue weighted by atomic mass is 10.2. The Hall–Kier alpha value is -2.20. The first kappa shape index (κ1) is 16.9. The van der Waals surface area contributed by atoms with E-state index in [-0.39, 0.29) is 19.0 Å². The van der Waals surface area contributed by atoms with Crippen molar-refractivity contribution in [3.63, 3.8) is 0 Å². The Morgan fingerprint density at radius 3 is 2.05 bits per heavy atom. The van der Waals surface area contributed by atoms with E-state index in [2.05, 4.69) is 0 Å². The topological polar surface area (TPSA) is 44.8 Å². The zero-order valence-electron chi connectivity index (χ0n) is 11.9. The molecule has 112 valence electrons. The summed E-state index contributed by atoms with van der Waals surface area (Å²) in [5.74, 6) is 0.693. The maximum atomic E-state index is 12.0. The van der Waals surface area contributed by atoms with Crippen LogP contribution in [0.1, 0.15) is 15.9 Å². The third kappa shape index (κ3) is 4.68. The highest BCUT2D eigenvalue weighted by Gasteiger charge is 2.11. The van der Waals surface area contributed by atoms with Crippen molar-refractivity contribution in [3.05, 3.63) is 59.7 Å². The summed E-state index contributed by atoms with van der Waals surface area (Å²) >= 11 is 0. The predicted octanol–water partition coefficient (Wildman–Crippen LogP) is 3.48. The van der Waals surface area contributed by atoms with E-state index in [1.165, 1.54) is 14.2 Å². The first-order chi connectivity index (χ1) is 9.72.